The van der Waals surface area contributed by atoms with Gasteiger partial charge in [0.25, 0.3) is 5.91 Å². The molecular weight excluding hydrogens is 318 g/mol. The minimum atomic E-state index is -0.166. The van der Waals surface area contributed by atoms with E-state index in [1.165, 1.54) is 6.42 Å². The molecule has 1 aliphatic carbocycles. The Morgan fingerprint density at radius 3 is 2.68 bits per heavy atom. The van der Waals surface area contributed by atoms with Crippen LogP contribution in [0.1, 0.15) is 42.5 Å². The van der Waals surface area contributed by atoms with E-state index in [0.29, 0.717) is 23.9 Å². The molecule has 0 bridgehead atoms. The smallest absolute Gasteiger partial charge is 0.251 e. The molecule has 134 valence electrons. The van der Waals surface area contributed by atoms with E-state index in [4.69, 9.17) is 4.74 Å². The van der Waals surface area contributed by atoms with Crippen LogP contribution in [0.4, 0.5) is 0 Å². The van der Waals surface area contributed by atoms with Crippen LogP contribution in [-0.4, -0.2) is 53.5 Å². The highest BCUT2D eigenvalue weighted by molar-refractivity contribution is 5.93. The Bertz CT molecular complexity index is 639. The lowest BCUT2D eigenvalue weighted by molar-refractivity contribution is -0.171. The Hall–Kier alpha value is -1.95. The maximum Gasteiger partial charge on any atom is 0.251 e. The van der Waals surface area contributed by atoms with E-state index in [1.807, 2.05) is 4.90 Å². The van der Waals surface area contributed by atoms with Crippen molar-refractivity contribution in [3.8, 4) is 0 Å². The fraction of sp³-hybridized carbons (Fsp3) is 0.632. The molecule has 2 saturated heterocycles. The molecule has 3 fully saturated rings. The molecule has 25 heavy (non-hydrogen) atoms. The van der Waals surface area contributed by atoms with Gasteiger partial charge in [-0.25, -0.2) is 0 Å². The second kappa shape index (κ2) is 6.75. The van der Waals surface area contributed by atoms with Crippen molar-refractivity contribution in [2.75, 3.05) is 26.2 Å². The molecule has 0 aromatic carbocycles. The first-order valence-corrected chi connectivity index (χ1v) is 9.29. The van der Waals surface area contributed by atoms with Crippen LogP contribution >= 0.6 is 0 Å². The third-order valence-corrected chi connectivity index (χ3v) is 6.00. The number of carbonyl (C=O) groups is 2. The molecule has 6 nitrogen and oxygen atoms in total. The van der Waals surface area contributed by atoms with E-state index < -0.39 is 0 Å². The highest BCUT2D eigenvalue weighted by Gasteiger charge is 2.54. The maximum atomic E-state index is 12.3. The number of hydrogen-bond acceptors (Lipinski definition) is 4. The first kappa shape index (κ1) is 16.5. The van der Waals surface area contributed by atoms with Gasteiger partial charge >= 0.3 is 0 Å². The van der Waals surface area contributed by atoms with Crippen molar-refractivity contribution in [2.45, 2.75) is 37.7 Å². The van der Waals surface area contributed by atoms with Gasteiger partial charge in [0.2, 0.25) is 5.91 Å². The Kier molecular flexibility index (Phi) is 4.46. The predicted octanol–water partition coefficient (Wildman–Crippen LogP) is 1.62. The SMILES string of the molecule is O=C(NCCC1CCOC12CN(C(=O)C1CCC1)C2)c1ccncc1. The molecule has 0 radical (unpaired) electrons. The fourth-order valence-electron chi connectivity index (χ4n) is 4.18. The normalized spacial score (nSPS) is 24.6. The van der Waals surface area contributed by atoms with Crippen molar-refractivity contribution in [1.29, 1.82) is 0 Å². The molecule has 3 aliphatic rings. The molecule has 6 heteroatoms. The lowest BCUT2D eigenvalue weighted by Crippen LogP contribution is -2.67. The number of likely N-dealkylation sites (tertiary alicyclic amines) is 1. The number of amides is 2. The molecular formula is C19H25N3O3. The van der Waals surface area contributed by atoms with E-state index in [-0.39, 0.29) is 17.4 Å². The summed E-state index contributed by atoms with van der Waals surface area (Å²) in [4.78, 5) is 30.3. The zero-order chi connectivity index (χ0) is 17.3. The van der Waals surface area contributed by atoms with Crippen molar-refractivity contribution in [3.05, 3.63) is 30.1 Å². The summed E-state index contributed by atoms with van der Waals surface area (Å²) in [6, 6.07) is 3.43. The average molecular weight is 343 g/mol. The molecule has 2 aliphatic heterocycles. The van der Waals surface area contributed by atoms with Crippen LogP contribution in [0.5, 0.6) is 0 Å². The first-order chi connectivity index (χ1) is 12.2. The van der Waals surface area contributed by atoms with E-state index in [2.05, 4.69) is 10.3 Å². The molecule has 1 N–H and O–H groups in total. The monoisotopic (exact) mass is 343 g/mol. The number of rotatable bonds is 5. The van der Waals surface area contributed by atoms with Gasteiger partial charge in [-0.15, -0.1) is 0 Å². The van der Waals surface area contributed by atoms with E-state index in [1.54, 1.807) is 24.5 Å². The highest BCUT2D eigenvalue weighted by atomic mass is 16.5. The van der Waals surface area contributed by atoms with Gasteiger partial charge < -0.3 is 15.0 Å². The summed E-state index contributed by atoms with van der Waals surface area (Å²) >= 11 is 0. The van der Waals surface area contributed by atoms with Crippen LogP contribution in [0, 0.1) is 11.8 Å². The summed E-state index contributed by atoms with van der Waals surface area (Å²) in [5.41, 5.74) is 0.467. The predicted molar refractivity (Wildman–Crippen MR) is 91.9 cm³/mol. The Morgan fingerprint density at radius 2 is 2.00 bits per heavy atom. The third kappa shape index (κ3) is 3.15. The number of nitrogens with one attached hydrogen (secondary N) is 1. The first-order valence-electron chi connectivity index (χ1n) is 9.29. The summed E-state index contributed by atoms with van der Waals surface area (Å²) < 4.78 is 6.03. The van der Waals surface area contributed by atoms with Gasteiger partial charge in [-0.2, -0.15) is 0 Å². The largest absolute Gasteiger partial charge is 0.371 e. The summed E-state index contributed by atoms with van der Waals surface area (Å²) in [6.07, 6.45) is 8.43. The molecule has 1 unspecified atom stereocenters. The summed E-state index contributed by atoms with van der Waals surface area (Å²) in [5.74, 6) is 0.926. The molecule has 1 atom stereocenters. The van der Waals surface area contributed by atoms with E-state index in [0.717, 1.165) is 45.4 Å². The highest BCUT2D eigenvalue weighted by Crippen LogP contribution is 2.43. The zero-order valence-corrected chi connectivity index (χ0v) is 14.4. The van der Waals surface area contributed by atoms with Gasteiger partial charge in [0.1, 0.15) is 5.60 Å². The van der Waals surface area contributed by atoms with Crippen LogP contribution in [0.15, 0.2) is 24.5 Å². The van der Waals surface area contributed by atoms with Gasteiger partial charge in [-0.3, -0.25) is 14.6 Å². The molecule has 4 rings (SSSR count). The average Bonchev–Trinajstić information content (AvgIpc) is 2.96. The van der Waals surface area contributed by atoms with Crippen molar-refractivity contribution >= 4 is 11.8 Å². The second-order valence-electron chi connectivity index (χ2n) is 7.50. The maximum absolute atomic E-state index is 12.3. The van der Waals surface area contributed by atoms with Crippen molar-refractivity contribution in [2.24, 2.45) is 11.8 Å². The lowest BCUT2D eigenvalue weighted by atomic mass is 9.76. The second-order valence-corrected chi connectivity index (χ2v) is 7.50. The number of ether oxygens (including phenoxy) is 1. The number of aromatic nitrogens is 1. The molecule has 2 amide bonds. The van der Waals surface area contributed by atoms with Crippen LogP contribution in [0.3, 0.4) is 0 Å². The molecule has 1 aromatic rings. The minimum Gasteiger partial charge on any atom is -0.371 e. The molecule has 1 saturated carbocycles. The molecule has 1 aromatic heterocycles. The van der Waals surface area contributed by atoms with Gasteiger partial charge in [0.05, 0.1) is 13.1 Å². The van der Waals surface area contributed by atoms with Crippen molar-refractivity contribution in [1.82, 2.24) is 15.2 Å². The van der Waals surface area contributed by atoms with Crippen molar-refractivity contribution in [3.63, 3.8) is 0 Å². The van der Waals surface area contributed by atoms with Crippen LogP contribution < -0.4 is 5.32 Å². The number of hydrogen-bond donors (Lipinski definition) is 1. The molecule has 3 heterocycles. The summed E-state index contributed by atoms with van der Waals surface area (Å²) in [7, 11) is 0. The number of pyridine rings is 1. The minimum absolute atomic E-state index is 0.0641. The summed E-state index contributed by atoms with van der Waals surface area (Å²) in [6.45, 7) is 2.85. The van der Waals surface area contributed by atoms with E-state index in [9.17, 15) is 9.59 Å². The Balaban J connectivity index is 1.25. The van der Waals surface area contributed by atoms with Gasteiger partial charge in [0.15, 0.2) is 0 Å². The quantitative estimate of drug-likeness (QED) is 0.882. The fourth-order valence-corrected chi connectivity index (χ4v) is 4.18. The van der Waals surface area contributed by atoms with Crippen LogP contribution in [0.25, 0.3) is 0 Å². The Morgan fingerprint density at radius 1 is 1.24 bits per heavy atom. The van der Waals surface area contributed by atoms with Crippen LogP contribution in [0.2, 0.25) is 0 Å². The van der Waals surface area contributed by atoms with Gasteiger partial charge in [-0.1, -0.05) is 6.42 Å². The standard InChI is InChI=1S/C19H25N3O3/c23-17(14-4-8-20-9-5-14)21-10-6-16-7-11-25-19(16)12-22(13-19)18(24)15-2-1-3-15/h4-5,8-9,15-16H,1-3,6-7,10-13H2,(H,21,23). The Labute approximate surface area is 147 Å². The number of nitrogens with zero attached hydrogens (tertiary/aromatic N) is 2. The van der Waals surface area contributed by atoms with Crippen molar-refractivity contribution < 1.29 is 14.3 Å². The van der Waals surface area contributed by atoms with Crippen LogP contribution in [-0.2, 0) is 9.53 Å². The van der Waals surface area contributed by atoms with Gasteiger partial charge in [-0.05, 0) is 43.7 Å². The number of carbonyl (C=O) groups excluding carboxylic acids is 2. The molecule has 1 spiro atoms. The summed E-state index contributed by atoms with van der Waals surface area (Å²) in [5, 5.41) is 2.98. The van der Waals surface area contributed by atoms with Gasteiger partial charge in [0, 0.05) is 37.0 Å². The topological polar surface area (TPSA) is 71.5 Å². The lowest BCUT2D eigenvalue weighted by Gasteiger charge is -2.51. The third-order valence-electron chi connectivity index (χ3n) is 6.00. The van der Waals surface area contributed by atoms with E-state index >= 15 is 0 Å². The zero-order valence-electron chi connectivity index (χ0n) is 14.4.